The van der Waals surface area contributed by atoms with Gasteiger partial charge in [-0.25, -0.2) is 0 Å². The van der Waals surface area contributed by atoms with Crippen LogP contribution in [0.15, 0.2) is 42.5 Å². The molecule has 0 bridgehead atoms. The maximum atomic E-state index is 9.26. The van der Waals surface area contributed by atoms with Crippen molar-refractivity contribution in [2.75, 3.05) is 0 Å². The van der Waals surface area contributed by atoms with E-state index in [2.05, 4.69) is 26.0 Å². The van der Waals surface area contributed by atoms with Gasteiger partial charge in [-0.3, -0.25) is 0 Å². The van der Waals surface area contributed by atoms with Gasteiger partial charge in [0.1, 0.15) is 12.4 Å². The molecule has 2 aromatic carbocycles. The zero-order chi connectivity index (χ0) is 13.8. The Bertz CT molecular complexity index is 567. The molecule has 0 saturated heterocycles. The van der Waals surface area contributed by atoms with Gasteiger partial charge in [-0.1, -0.05) is 36.4 Å². The summed E-state index contributed by atoms with van der Waals surface area (Å²) < 4.78 is 5.66. The van der Waals surface area contributed by atoms with E-state index in [4.69, 9.17) is 4.74 Å². The molecule has 0 aromatic heterocycles. The van der Waals surface area contributed by atoms with Crippen molar-refractivity contribution in [1.82, 2.24) is 0 Å². The molecule has 0 fully saturated rings. The van der Waals surface area contributed by atoms with Gasteiger partial charge in [0, 0.05) is 5.46 Å². The summed E-state index contributed by atoms with van der Waals surface area (Å²) in [7, 11) is -1.52. The second kappa shape index (κ2) is 5.91. The highest BCUT2D eigenvalue weighted by molar-refractivity contribution is 6.59. The van der Waals surface area contributed by atoms with Gasteiger partial charge in [0.15, 0.2) is 0 Å². The summed E-state index contributed by atoms with van der Waals surface area (Å²) in [5.41, 5.74) is 3.91. The Balaban J connectivity index is 2.12. The van der Waals surface area contributed by atoms with Gasteiger partial charge in [-0.15, -0.1) is 0 Å². The predicted molar refractivity (Wildman–Crippen MR) is 76.5 cm³/mol. The van der Waals surface area contributed by atoms with Crippen LogP contribution in [0.25, 0.3) is 0 Å². The molecule has 2 N–H and O–H groups in total. The van der Waals surface area contributed by atoms with Crippen LogP contribution in [0, 0.1) is 13.8 Å². The monoisotopic (exact) mass is 256 g/mol. The third-order valence-corrected chi connectivity index (χ3v) is 3.16. The van der Waals surface area contributed by atoms with Crippen LogP contribution in [0.3, 0.4) is 0 Å². The summed E-state index contributed by atoms with van der Waals surface area (Å²) in [6.07, 6.45) is 0. The van der Waals surface area contributed by atoms with E-state index in [1.54, 1.807) is 18.2 Å². The molecule has 3 nitrogen and oxygen atoms in total. The Kier molecular flexibility index (Phi) is 4.25. The van der Waals surface area contributed by atoms with Gasteiger partial charge in [-0.2, -0.15) is 0 Å². The van der Waals surface area contributed by atoms with Crippen LogP contribution >= 0.6 is 0 Å². The van der Waals surface area contributed by atoms with Gasteiger partial charge in [-0.05, 0) is 36.6 Å². The van der Waals surface area contributed by atoms with E-state index in [0.717, 1.165) is 5.56 Å². The van der Waals surface area contributed by atoms with Crippen molar-refractivity contribution in [3.05, 3.63) is 59.2 Å². The topological polar surface area (TPSA) is 49.7 Å². The SMILES string of the molecule is Cc1ccc(COc2ccccc2B(O)O)cc1C. The molecule has 4 heteroatoms. The van der Waals surface area contributed by atoms with Crippen LogP contribution < -0.4 is 10.2 Å². The van der Waals surface area contributed by atoms with E-state index < -0.39 is 7.12 Å². The van der Waals surface area contributed by atoms with Gasteiger partial charge in [0.2, 0.25) is 0 Å². The molecule has 2 aromatic rings. The van der Waals surface area contributed by atoms with Gasteiger partial charge < -0.3 is 14.8 Å². The number of hydrogen-bond acceptors (Lipinski definition) is 3. The van der Waals surface area contributed by atoms with Crippen molar-refractivity contribution in [3.8, 4) is 5.75 Å². The molecule has 0 radical (unpaired) electrons. The molecule has 98 valence electrons. The molecule has 2 rings (SSSR count). The van der Waals surface area contributed by atoms with Crippen molar-refractivity contribution >= 4 is 12.6 Å². The molecule has 0 spiro atoms. The smallest absolute Gasteiger partial charge is 0.489 e. The molecule has 0 aliphatic rings. The summed E-state index contributed by atoms with van der Waals surface area (Å²) in [5, 5.41) is 18.5. The average Bonchev–Trinajstić information content (AvgIpc) is 2.40. The van der Waals surface area contributed by atoms with Crippen LogP contribution in [0.1, 0.15) is 16.7 Å². The summed E-state index contributed by atoms with van der Waals surface area (Å²) >= 11 is 0. The second-order valence-corrected chi connectivity index (χ2v) is 4.62. The first-order valence-corrected chi connectivity index (χ1v) is 6.22. The third-order valence-electron chi connectivity index (χ3n) is 3.16. The van der Waals surface area contributed by atoms with E-state index in [0.29, 0.717) is 17.8 Å². The zero-order valence-electron chi connectivity index (χ0n) is 11.1. The largest absolute Gasteiger partial charge is 0.492 e. The summed E-state index contributed by atoms with van der Waals surface area (Å²) in [6, 6.07) is 13.1. The first-order chi connectivity index (χ1) is 9.08. The van der Waals surface area contributed by atoms with Crippen LogP contribution in [0.4, 0.5) is 0 Å². The lowest BCUT2D eigenvalue weighted by Crippen LogP contribution is -2.31. The van der Waals surface area contributed by atoms with Gasteiger partial charge in [0.05, 0.1) is 0 Å². The Labute approximate surface area is 113 Å². The van der Waals surface area contributed by atoms with Gasteiger partial charge in [0.25, 0.3) is 0 Å². The lowest BCUT2D eigenvalue weighted by molar-refractivity contribution is 0.306. The minimum absolute atomic E-state index is 0.381. The number of ether oxygens (including phenoxy) is 1. The summed E-state index contributed by atoms with van der Waals surface area (Å²) in [5.74, 6) is 0.496. The molecule has 0 atom stereocenters. The highest BCUT2D eigenvalue weighted by Crippen LogP contribution is 2.13. The van der Waals surface area contributed by atoms with Crippen molar-refractivity contribution in [3.63, 3.8) is 0 Å². The molecule has 0 aliphatic carbocycles. The van der Waals surface area contributed by atoms with Gasteiger partial charge >= 0.3 is 7.12 Å². The summed E-state index contributed by atoms with van der Waals surface area (Å²) in [6.45, 7) is 4.53. The van der Waals surface area contributed by atoms with E-state index in [-0.39, 0.29) is 0 Å². The molecule has 0 aliphatic heterocycles. The minimum atomic E-state index is -1.52. The minimum Gasteiger partial charge on any atom is -0.489 e. The maximum absolute atomic E-state index is 9.26. The normalized spacial score (nSPS) is 10.3. The van der Waals surface area contributed by atoms with Crippen molar-refractivity contribution in [2.24, 2.45) is 0 Å². The molecular weight excluding hydrogens is 239 g/mol. The lowest BCUT2D eigenvalue weighted by atomic mass is 9.79. The fourth-order valence-electron chi connectivity index (χ4n) is 1.88. The Morgan fingerprint density at radius 3 is 2.42 bits per heavy atom. The quantitative estimate of drug-likeness (QED) is 0.816. The first kappa shape index (κ1) is 13.7. The number of para-hydroxylation sites is 1. The molecule has 19 heavy (non-hydrogen) atoms. The highest BCUT2D eigenvalue weighted by atomic mass is 16.5. The third kappa shape index (κ3) is 3.37. The molecule has 0 amide bonds. The molecular formula is C15H17BO3. The first-order valence-electron chi connectivity index (χ1n) is 6.22. The number of rotatable bonds is 4. The van der Waals surface area contributed by atoms with Crippen molar-refractivity contribution in [2.45, 2.75) is 20.5 Å². The maximum Gasteiger partial charge on any atom is 0.492 e. The second-order valence-electron chi connectivity index (χ2n) is 4.62. The van der Waals surface area contributed by atoms with Crippen LogP contribution in [-0.2, 0) is 6.61 Å². The number of aryl methyl sites for hydroxylation is 2. The van der Waals surface area contributed by atoms with Crippen LogP contribution in [0.5, 0.6) is 5.75 Å². The zero-order valence-corrected chi connectivity index (χ0v) is 11.1. The fraction of sp³-hybridized carbons (Fsp3) is 0.200. The summed E-state index contributed by atoms with van der Waals surface area (Å²) in [4.78, 5) is 0. The molecule has 0 heterocycles. The molecule has 0 unspecified atom stereocenters. The van der Waals surface area contributed by atoms with Crippen LogP contribution in [0.2, 0.25) is 0 Å². The number of hydrogen-bond donors (Lipinski definition) is 2. The number of benzene rings is 2. The molecule has 0 saturated carbocycles. The van der Waals surface area contributed by atoms with Crippen molar-refractivity contribution < 1.29 is 14.8 Å². The Hall–Kier alpha value is -1.78. The standard InChI is InChI=1S/C15H17BO3/c1-11-7-8-13(9-12(11)2)10-19-15-6-4-3-5-14(15)16(17)18/h3-9,17-18H,10H2,1-2H3. The predicted octanol–water partition coefficient (Wildman–Crippen LogP) is 1.56. The Morgan fingerprint density at radius 2 is 1.74 bits per heavy atom. The highest BCUT2D eigenvalue weighted by Gasteiger charge is 2.16. The van der Waals surface area contributed by atoms with Crippen LogP contribution in [-0.4, -0.2) is 17.2 Å². The van der Waals surface area contributed by atoms with E-state index in [9.17, 15) is 10.0 Å². The Morgan fingerprint density at radius 1 is 1.00 bits per heavy atom. The van der Waals surface area contributed by atoms with E-state index in [1.165, 1.54) is 11.1 Å². The van der Waals surface area contributed by atoms with Crippen molar-refractivity contribution in [1.29, 1.82) is 0 Å². The lowest BCUT2D eigenvalue weighted by Gasteiger charge is -2.11. The van der Waals surface area contributed by atoms with E-state index in [1.807, 2.05) is 12.1 Å². The average molecular weight is 256 g/mol. The fourth-order valence-corrected chi connectivity index (χ4v) is 1.88. The van der Waals surface area contributed by atoms with E-state index >= 15 is 0 Å².